The Morgan fingerprint density at radius 2 is 2.05 bits per heavy atom. The zero-order valence-electron chi connectivity index (χ0n) is 13.3. The lowest BCUT2D eigenvalue weighted by Gasteiger charge is -2.21. The molecule has 1 atom stereocenters. The average Bonchev–Trinajstić information content (AvgIpc) is 2.92. The fourth-order valence-electron chi connectivity index (χ4n) is 3.61. The molecule has 1 aliphatic rings. The molecule has 1 fully saturated rings. The van der Waals surface area contributed by atoms with E-state index in [9.17, 15) is 0 Å². The van der Waals surface area contributed by atoms with Crippen molar-refractivity contribution < 1.29 is 0 Å². The third-order valence-corrected chi connectivity index (χ3v) is 4.61. The van der Waals surface area contributed by atoms with Gasteiger partial charge in [-0.2, -0.15) is 0 Å². The lowest BCUT2D eigenvalue weighted by Crippen LogP contribution is -2.26. The molecule has 0 saturated heterocycles. The van der Waals surface area contributed by atoms with Crippen molar-refractivity contribution in [1.29, 1.82) is 0 Å². The summed E-state index contributed by atoms with van der Waals surface area (Å²) in [4.78, 5) is 0. The highest BCUT2D eigenvalue weighted by molar-refractivity contribution is 5.22. The van der Waals surface area contributed by atoms with Gasteiger partial charge < -0.3 is 5.32 Å². The number of benzene rings is 1. The van der Waals surface area contributed by atoms with Gasteiger partial charge in [-0.1, -0.05) is 62.4 Å². The molecule has 1 aromatic carbocycles. The van der Waals surface area contributed by atoms with Gasteiger partial charge in [0.15, 0.2) is 0 Å². The monoisotopic (exact) mass is 273 g/mol. The Bertz CT molecular complexity index is 379. The molecular formula is C19H31N. The van der Waals surface area contributed by atoms with Crippen LogP contribution in [0.25, 0.3) is 0 Å². The minimum atomic E-state index is 0.812. The minimum absolute atomic E-state index is 0.812. The predicted molar refractivity (Wildman–Crippen MR) is 88.1 cm³/mol. The van der Waals surface area contributed by atoms with Crippen LogP contribution in [0.5, 0.6) is 0 Å². The Labute approximate surface area is 125 Å². The molecule has 1 N–H and O–H groups in total. The van der Waals surface area contributed by atoms with Crippen molar-refractivity contribution in [3.8, 4) is 0 Å². The van der Waals surface area contributed by atoms with E-state index in [1.54, 1.807) is 0 Å². The van der Waals surface area contributed by atoms with Crippen LogP contribution in [0.4, 0.5) is 0 Å². The second kappa shape index (κ2) is 8.46. The molecule has 2 rings (SSSR count). The molecule has 0 aromatic heterocycles. The topological polar surface area (TPSA) is 12.0 Å². The Morgan fingerprint density at radius 3 is 2.75 bits per heavy atom. The van der Waals surface area contributed by atoms with Crippen molar-refractivity contribution in [2.24, 2.45) is 11.8 Å². The van der Waals surface area contributed by atoms with Crippen LogP contribution in [0.3, 0.4) is 0 Å². The molecule has 1 aromatic rings. The van der Waals surface area contributed by atoms with Gasteiger partial charge in [0, 0.05) is 0 Å². The van der Waals surface area contributed by atoms with Crippen molar-refractivity contribution in [1.82, 2.24) is 5.32 Å². The van der Waals surface area contributed by atoms with Crippen molar-refractivity contribution in [2.75, 3.05) is 13.1 Å². The number of aryl methyl sites for hydroxylation is 1. The summed E-state index contributed by atoms with van der Waals surface area (Å²) < 4.78 is 0. The average molecular weight is 273 g/mol. The zero-order valence-corrected chi connectivity index (χ0v) is 13.3. The van der Waals surface area contributed by atoms with Gasteiger partial charge in [-0.3, -0.25) is 0 Å². The molecule has 1 unspecified atom stereocenters. The molecular weight excluding hydrogens is 242 g/mol. The molecule has 0 amide bonds. The van der Waals surface area contributed by atoms with Gasteiger partial charge in [0.25, 0.3) is 0 Å². The second-order valence-electron chi connectivity index (χ2n) is 6.65. The fourth-order valence-corrected chi connectivity index (χ4v) is 3.61. The number of hydrogen-bond donors (Lipinski definition) is 1. The van der Waals surface area contributed by atoms with Gasteiger partial charge >= 0.3 is 0 Å². The van der Waals surface area contributed by atoms with Crippen LogP contribution >= 0.6 is 0 Å². The van der Waals surface area contributed by atoms with Crippen LogP contribution in [0.1, 0.15) is 56.6 Å². The molecule has 0 heterocycles. The summed E-state index contributed by atoms with van der Waals surface area (Å²) in [6.07, 6.45) is 9.77. The number of rotatable bonds is 8. The van der Waals surface area contributed by atoms with E-state index in [1.165, 1.54) is 62.6 Å². The summed E-state index contributed by atoms with van der Waals surface area (Å²) in [7, 11) is 0. The summed E-state index contributed by atoms with van der Waals surface area (Å²) >= 11 is 0. The fraction of sp³-hybridized carbons (Fsp3) is 0.684. The van der Waals surface area contributed by atoms with E-state index in [1.807, 2.05) is 0 Å². The first-order valence-electron chi connectivity index (χ1n) is 8.54. The molecule has 0 radical (unpaired) electrons. The normalized spacial score (nSPS) is 17.5. The first-order chi connectivity index (χ1) is 9.78. The van der Waals surface area contributed by atoms with Crippen molar-refractivity contribution in [3.63, 3.8) is 0 Å². The van der Waals surface area contributed by atoms with Crippen molar-refractivity contribution in [3.05, 3.63) is 35.4 Å². The molecule has 1 saturated carbocycles. The molecule has 112 valence electrons. The van der Waals surface area contributed by atoms with E-state index >= 15 is 0 Å². The minimum Gasteiger partial charge on any atom is -0.316 e. The Kier molecular flexibility index (Phi) is 6.59. The van der Waals surface area contributed by atoms with E-state index in [0.29, 0.717) is 0 Å². The first-order valence-corrected chi connectivity index (χ1v) is 8.54. The Hall–Kier alpha value is -0.820. The van der Waals surface area contributed by atoms with Crippen LogP contribution in [-0.4, -0.2) is 13.1 Å². The number of hydrogen-bond acceptors (Lipinski definition) is 1. The van der Waals surface area contributed by atoms with E-state index in [2.05, 4.69) is 43.4 Å². The highest BCUT2D eigenvalue weighted by atomic mass is 14.8. The lowest BCUT2D eigenvalue weighted by atomic mass is 9.88. The molecule has 1 heteroatoms. The van der Waals surface area contributed by atoms with Crippen molar-refractivity contribution >= 4 is 0 Å². The van der Waals surface area contributed by atoms with E-state index in [-0.39, 0.29) is 0 Å². The van der Waals surface area contributed by atoms with Gasteiger partial charge in [0.1, 0.15) is 0 Å². The van der Waals surface area contributed by atoms with Gasteiger partial charge in [-0.25, -0.2) is 0 Å². The maximum Gasteiger partial charge on any atom is -0.00172 e. The van der Waals surface area contributed by atoms with Crippen LogP contribution in [0.15, 0.2) is 24.3 Å². The van der Waals surface area contributed by atoms with E-state index in [4.69, 9.17) is 0 Å². The maximum absolute atomic E-state index is 3.64. The lowest BCUT2D eigenvalue weighted by molar-refractivity contribution is 0.357. The summed E-state index contributed by atoms with van der Waals surface area (Å²) in [6, 6.07) is 9.07. The molecule has 0 bridgehead atoms. The molecule has 20 heavy (non-hydrogen) atoms. The Balaban J connectivity index is 1.89. The highest BCUT2D eigenvalue weighted by Crippen LogP contribution is 2.31. The third kappa shape index (κ3) is 5.28. The summed E-state index contributed by atoms with van der Waals surface area (Å²) in [5.74, 6) is 1.81. The molecule has 0 spiro atoms. The largest absolute Gasteiger partial charge is 0.316 e. The maximum atomic E-state index is 3.64. The standard InChI is InChI=1S/C19H31N/c1-3-11-20-15-19(13-17-8-4-5-9-17)14-18-10-6-7-16(2)12-18/h6-7,10,12,17,19-20H,3-5,8-9,11,13-15H2,1-2H3. The number of nitrogens with one attached hydrogen (secondary N) is 1. The SMILES string of the molecule is CCCNCC(Cc1cccc(C)c1)CC1CCCC1. The van der Waals surface area contributed by atoms with Gasteiger partial charge in [0.05, 0.1) is 0 Å². The van der Waals surface area contributed by atoms with E-state index < -0.39 is 0 Å². The summed E-state index contributed by atoms with van der Waals surface area (Å²) in [5.41, 5.74) is 2.91. The molecule has 0 aliphatic heterocycles. The van der Waals surface area contributed by atoms with Crippen LogP contribution in [0.2, 0.25) is 0 Å². The summed E-state index contributed by atoms with van der Waals surface area (Å²) in [6.45, 7) is 6.80. The van der Waals surface area contributed by atoms with Gasteiger partial charge in [0.2, 0.25) is 0 Å². The van der Waals surface area contributed by atoms with Gasteiger partial charge in [-0.05, 0) is 56.7 Å². The summed E-state index contributed by atoms with van der Waals surface area (Å²) in [5, 5.41) is 3.64. The van der Waals surface area contributed by atoms with Gasteiger partial charge in [-0.15, -0.1) is 0 Å². The smallest absolute Gasteiger partial charge is 0.00172 e. The van der Waals surface area contributed by atoms with E-state index in [0.717, 1.165) is 18.4 Å². The van der Waals surface area contributed by atoms with Crippen molar-refractivity contribution in [2.45, 2.75) is 58.8 Å². The second-order valence-corrected chi connectivity index (χ2v) is 6.65. The predicted octanol–water partition coefficient (Wildman–Crippen LogP) is 4.73. The van der Waals surface area contributed by atoms with Crippen LogP contribution in [-0.2, 0) is 6.42 Å². The molecule has 1 aliphatic carbocycles. The molecule has 1 nitrogen and oxygen atoms in total. The first kappa shape index (κ1) is 15.6. The zero-order chi connectivity index (χ0) is 14.2. The Morgan fingerprint density at radius 1 is 1.25 bits per heavy atom. The quantitative estimate of drug-likeness (QED) is 0.675. The van der Waals surface area contributed by atoms with Crippen LogP contribution in [0, 0.1) is 18.8 Å². The highest BCUT2D eigenvalue weighted by Gasteiger charge is 2.20. The third-order valence-electron chi connectivity index (χ3n) is 4.61. The van der Waals surface area contributed by atoms with Crippen LogP contribution < -0.4 is 5.32 Å².